The summed E-state index contributed by atoms with van der Waals surface area (Å²) in [6.07, 6.45) is 8.85. The van der Waals surface area contributed by atoms with Crippen LogP contribution >= 0.6 is 0 Å². The Bertz CT molecular complexity index is 555. The number of piperidine rings is 1. The van der Waals surface area contributed by atoms with Crippen molar-refractivity contribution in [2.45, 2.75) is 62.7 Å². The zero-order valence-corrected chi connectivity index (χ0v) is 16.5. The van der Waals surface area contributed by atoms with Crippen molar-refractivity contribution in [2.75, 3.05) is 46.8 Å². The zero-order valence-electron chi connectivity index (χ0n) is 16.5. The van der Waals surface area contributed by atoms with E-state index in [9.17, 15) is 4.79 Å². The van der Waals surface area contributed by atoms with Crippen LogP contribution in [0.5, 0.6) is 0 Å². The Morgan fingerprint density at radius 1 is 1.15 bits per heavy atom. The van der Waals surface area contributed by atoms with Gasteiger partial charge in [0.25, 0.3) is 0 Å². The van der Waals surface area contributed by atoms with E-state index >= 15 is 0 Å². The third-order valence-electron chi connectivity index (χ3n) is 8.13. The molecular formula is C21H35N3O2. The zero-order chi connectivity index (χ0) is 17.9. The largest absolute Gasteiger partial charge is 0.370 e. The van der Waals surface area contributed by atoms with Crippen LogP contribution in [0, 0.1) is 17.8 Å². The lowest BCUT2D eigenvalue weighted by molar-refractivity contribution is -0.139. The van der Waals surface area contributed by atoms with Gasteiger partial charge < -0.3 is 14.5 Å². The van der Waals surface area contributed by atoms with Gasteiger partial charge in [0.2, 0.25) is 5.91 Å². The maximum absolute atomic E-state index is 12.5. The molecule has 0 aromatic rings. The molecule has 0 radical (unpaired) electrons. The predicted octanol–water partition coefficient (Wildman–Crippen LogP) is 1.82. The van der Waals surface area contributed by atoms with Crippen molar-refractivity contribution in [3.05, 3.63) is 0 Å². The number of nitrogens with zero attached hydrogens (tertiary/aromatic N) is 3. The summed E-state index contributed by atoms with van der Waals surface area (Å²) in [6.45, 7) is 5.46. The predicted molar refractivity (Wildman–Crippen MR) is 101 cm³/mol. The van der Waals surface area contributed by atoms with Gasteiger partial charge in [-0.15, -0.1) is 0 Å². The topological polar surface area (TPSA) is 36.0 Å². The van der Waals surface area contributed by atoms with E-state index in [1.165, 1.54) is 32.4 Å². The van der Waals surface area contributed by atoms with E-state index < -0.39 is 0 Å². The van der Waals surface area contributed by atoms with Crippen LogP contribution in [0.2, 0.25) is 0 Å². The minimum absolute atomic E-state index is 0.157. The van der Waals surface area contributed by atoms with Gasteiger partial charge in [-0.25, -0.2) is 0 Å². The van der Waals surface area contributed by atoms with Crippen molar-refractivity contribution in [2.24, 2.45) is 17.8 Å². The maximum atomic E-state index is 12.5. The number of rotatable bonds is 4. The summed E-state index contributed by atoms with van der Waals surface area (Å²) in [7, 11) is 4.39. The number of likely N-dealkylation sites (tertiary alicyclic amines) is 2. The quantitative estimate of drug-likeness (QED) is 0.765. The number of carbonyl (C=O) groups excluding carboxylic acids is 1. The summed E-state index contributed by atoms with van der Waals surface area (Å²) < 4.78 is 6.60. The van der Waals surface area contributed by atoms with E-state index in [0.717, 1.165) is 51.2 Å². The van der Waals surface area contributed by atoms with Crippen LogP contribution in [0.3, 0.4) is 0 Å². The molecule has 0 unspecified atom stereocenters. The molecular weight excluding hydrogens is 326 g/mol. The second kappa shape index (κ2) is 6.46. The third kappa shape index (κ3) is 2.73. The van der Waals surface area contributed by atoms with Crippen LogP contribution in [0.4, 0.5) is 0 Å². The fraction of sp³-hybridized carbons (Fsp3) is 0.952. The fourth-order valence-electron chi connectivity index (χ4n) is 6.54. The Morgan fingerprint density at radius 2 is 1.92 bits per heavy atom. The number of hydrogen-bond acceptors (Lipinski definition) is 4. The molecule has 5 fully saturated rings. The van der Waals surface area contributed by atoms with Crippen LogP contribution in [-0.4, -0.2) is 85.2 Å². The minimum atomic E-state index is 0.157. The highest BCUT2D eigenvalue weighted by atomic mass is 16.5. The highest BCUT2D eigenvalue weighted by Gasteiger charge is 2.63. The standard InChI is InChI=1S/C21H35N3O2/c1-22(2)12-17-18-13-24(14-21(18)9-6-19(17)26-21)16-7-10-23(11-8-16)20(25)15-4-3-5-15/h15-19H,3-14H2,1-2H3/t17-,18+,19+,21+/m0/s1. The average Bonchev–Trinajstić information content (AvgIpc) is 3.23. The molecule has 4 heterocycles. The van der Waals surface area contributed by atoms with Crippen molar-refractivity contribution < 1.29 is 9.53 Å². The molecule has 1 amide bonds. The lowest BCUT2D eigenvalue weighted by Gasteiger charge is -2.40. The maximum Gasteiger partial charge on any atom is 0.225 e. The van der Waals surface area contributed by atoms with Gasteiger partial charge >= 0.3 is 0 Å². The van der Waals surface area contributed by atoms with Crippen molar-refractivity contribution in [1.29, 1.82) is 0 Å². The Hall–Kier alpha value is -0.650. The fourth-order valence-corrected chi connectivity index (χ4v) is 6.54. The number of fused-ring (bicyclic) bond motifs is 1. The van der Waals surface area contributed by atoms with E-state index in [-0.39, 0.29) is 5.60 Å². The van der Waals surface area contributed by atoms with Crippen LogP contribution in [0.25, 0.3) is 0 Å². The first-order valence-electron chi connectivity index (χ1n) is 10.9. The van der Waals surface area contributed by atoms with E-state index in [0.29, 0.717) is 29.9 Å². The van der Waals surface area contributed by atoms with E-state index in [2.05, 4.69) is 28.8 Å². The van der Waals surface area contributed by atoms with Gasteiger partial charge in [0.15, 0.2) is 0 Å². The SMILES string of the molecule is CN(C)C[C@H]1[C@H]2CN(C3CCN(C(=O)C4CCC4)CC3)C[C@]23CC[C@H]1O3. The van der Waals surface area contributed by atoms with Crippen LogP contribution in [0.15, 0.2) is 0 Å². The monoisotopic (exact) mass is 361 g/mol. The summed E-state index contributed by atoms with van der Waals surface area (Å²) in [5.74, 6) is 2.23. The first kappa shape index (κ1) is 17.4. The molecule has 5 rings (SSSR count). The Morgan fingerprint density at radius 3 is 2.58 bits per heavy atom. The van der Waals surface area contributed by atoms with Crippen molar-refractivity contribution in [3.63, 3.8) is 0 Å². The number of ether oxygens (including phenoxy) is 1. The van der Waals surface area contributed by atoms with Gasteiger partial charge in [-0.05, 0) is 52.6 Å². The van der Waals surface area contributed by atoms with Gasteiger partial charge in [-0.3, -0.25) is 9.69 Å². The molecule has 5 nitrogen and oxygen atoms in total. The normalized spacial score (nSPS) is 41.0. The molecule has 0 aromatic heterocycles. The summed E-state index contributed by atoms with van der Waals surface area (Å²) in [5.41, 5.74) is 0.157. The lowest BCUT2D eigenvalue weighted by atomic mass is 9.73. The molecule has 1 aliphatic carbocycles. The molecule has 4 aliphatic heterocycles. The van der Waals surface area contributed by atoms with Gasteiger partial charge in [0.05, 0.1) is 11.7 Å². The second-order valence-corrected chi connectivity index (χ2v) is 9.91. The van der Waals surface area contributed by atoms with Crippen molar-refractivity contribution in [1.82, 2.24) is 14.7 Å². The molecule has 4 atom stereocenters. The van der Waals surface area contributed by atoms with Crippen LogP contribution < -0.4 is 0 Å². The number of amides is 1. The van der Waals surface area contributed by atoms with Gasteiger partial charge in [0, 0.05) is 56.5 Å². The molecule has 0 N–H and O–H groups in total. The first-order valence-corrected chi connectivity index (χ1v) is 10.9. The first-order chi connectivity index (χ1) is 12.6. The smallest absolute Gasteiger partial charge is 0.225 e. The summed E-state index contributed by atoms with van der Waals surface area (Å²) in [4.78, 5) is 19.7. The van der Waals surface area contributed by atoms with Crippen LogP contribution in [-0.2, 0) is 9.53 Å². The highest BCUT2D eigenvalue weighted by molar-refractivity contribution is 5.79. The average molecular weight is 362 g/mol. The van der Waals surface area contributed by atoms with Gasteiger partial charge in [-0.2, -0.15) is 0 Å². The number of carbonyl (C=O) groups is 1. The lowest BCUT2D eigenvalue weighted by Crippen LogP contribution is -2.49. The van der Waals surface area contributed by atoms with Crippen LogP contribution in [0.1, 0.15) is 44.9 Å². The summed E-state index contributed by atoms with van der Waals surface area (Å²) in [5, 5.41) is 0. The highest BCUT2D eigenvalue weighted by Crippen LogP contribution is 2.55. The van der Waals surface area contributed by atoms with Crippen molar-refractivity contribution >= 4 is 5.91 Å². The Kier molecular flexibility index (Phi) is 4.33. The molecule has 1 spiro atoms. The summed E-state index contributed by atoms with van der Waals surface area (Å²) >= 11 is 0. The van der Waals surface area contributed by atoms with Gasteiger partial charge in [0.1, 0.15) is 0 Å². The molecule has 0 aromatic carbocycles. The van der Waals surface area contributed by atoms with Gasteiger partial charge in [-0.1, -0.05) is 6.42 Å². The molecule has 1 saturated carbocycles. The minimum Gasteiger partial charge on any atom is -0.370 e. The van der Waals surface area contributed by atoms with E-state index in [4.69, 9.17) is 4.74 Å². The molecule has 146 valence electrons. The number of hydrogen-bond donors (Lipinski definition) is 0. The second-order valence-electron chi connectivity index (χ2n) is 9.91. The van der Waals surface area contributed by atoms with E-state index in [1.54, 1.807) is 0 Å². The Balaban J connectivity index is 1.20. The third-order valence-corrected chi connectivity index (χ3v) is 8.13. The molecule has 26 heavy (non-hydrogen) atoms. The summed E-state index contributed by atoms with van der Waals surface area (Å²) in [6, 6.07) is 0.656. The molecule has 5 heteroatoms. The molecule has 2 bridgehead atoms. The van der Waals surface area contributed by atoms with E-state index in [1.807, 2.05) is 0 Å². The molecule has 5 aliphatic rings. The van der Waals surface area contributed by atoms with Crippen molar-refractivity contribution in [3.8, 4) is 0 Å². The molecule has 4 saturated heterocycles. The Labute approximate surface area is 158 Å².